The summed E-state index contributed by atoms with van der Waals surface area (Å²) >= 11 is 0. The van der Waals surface area contributed by atoms with Gasteiger partial charge in [0.1, 0.15) is 11.6 Å². The molecule has 1 aromatic heterocycles. The van der Waals surface area contributed by atoms with Gasteiger partial charge >= 0.3 is 0 Å². The van der Waals surface area contributed by atoms with Crippen LogP contribution >= 0.6 is 24.8 Å². The predicted molar refractivity (Wildman–Crippen MR) is 95.0 cm³/mol. The summed E-state index contributed by atoms with van der Waals surface area (Å²) < 4.78 is 15.1. The van der Waals surface area contributed by atoms with E-state index in [4.69, 9.17) is 0 Å². The Balaban J connectivity index is 0.00000242. The number of aryl methyl sites for hydroxylation is 1. The van der Waals surface area contributed by atoms with Gasteiger partial charge in [-0.05, 0) is 25.2 Å². The molecule has 1 unspecified atom stereocenters. The van der Waals surface area contributed by atoms with Gasteiger partial charge in [-0.3, -0.25) is 4.79 Å². The first kappa shape index (κ1) is 21.6. The minimum absolute atomic E-state index is 0. The summed E-state index contributed by atoms with van der Waals surface area (Å²) in [4.78, 5) is 16.3. The number of rotatable bonds is 6. The molecule has 0 fully saturated rings. The number of nitrogens with zero attached hydrogens (tertiary/aromatic N) is 2. The van der Waals surface area contributed by atoms with E-state index in [0.717, 1.165) is 16.9 Å². The lowest BCUT2D eigenvalue weighted by atomic mass is 10.1. The van der Waals surface area contributed by atoms with Gasteiger partial charge in [0.2, 0.25) is 5.91 Å². The molecule has 5 nitrogen and oxygen atoms in total. The second-order valence-electron chi connectivity index (χ2n) is 5.22. The van der Waals surface area contributed by atoms with Crippen LogP contribution in [-0.4, -0.2) is 35.6 Å². The number of nitrogens with one attached hydrogen (secondary N) is 2. The number of amides is 1. The smallest absolute Gasteiger partial charge is 0.224 e. The molecule has 0 spiro atoms. The molecule has 0 saturated carbocycles. The summed E-state index contributed by atoms with van der Waals surface area (Å²) in [5, 5.41) is 5.87. The van der Waals surface area contributed by atoms with Gasteiger partial charge in [-0.2, -0.15) is 0 Å². The maximum absolute atomic E-state index is 13.2. The Morgan fingerprint density at radius 2 is 2.09 bits per heavy atom. The Morgan fingerprint density at radius 3 is 2.74 bits per heavy atom. The maximum Gasteiger partial charge on any atom is 0.224 e. The van der Waals surface area contributed by atoms with Crippen molar-refractivity contribution in [3.63, 3.8) is 0 Å². The highest BCUT2D eigenvalue weighted by molar-refractivity contribution is 5.85. The van der Waals surface area contributed by atoms with Crippen LogP contribution in [0.3, 0.4) is 0 Å². The molecule has 0 aliphatic carbocycles. The molecule has 0 saturated heterocycles. The summed E-state index contributed by atoms with van der Waals surface area (Å²) in [6.07, 6.45) is 0.616. The van der Waals surface area contributed by atoms with Crippen LogP contribution in [0.25, 0.3) is 11.0 Å². The van der Waals surface area contributed by atoms with Gasteiger partial charge in [-0.25, -0.2) is 9.37 Å². The molecule has 2 N–H and O–H groups in total. The van der Waals surface area contributed by atoms with E-state index >= 15 is 0 Å². The van der Waals surface area contributed by atoms with Crippen LogP contribution in [-0.2, 0) is 18.3 Å². The fourth-order valence-corrected chi connectivity index (χ4v) is 2.31. The van der Waals surface area contributed by atoms with Crippen molar-refractivity contribution in [2.75, 3.05) is 20.1 Å². The van der Waals surface area contributed by atoms with Crippen LogP contribution in [0, 0.1) is 11.7 Å². The quantitative estimate of drug-likeness (QED) is 0.824. The number of halogens is 3. The van der Waals surface area contributed by atoms with Gasteiger partial charge in [0.05, 0.1) is 11.0 Å². The summed E-state index contributed by atoms with van der Waals surface area (Å²) in [6.45, 7) is 3.05. The van der Waals surface area contributed by atoms with Gasteiger partial charge < -0.3 is 15.2 Å². The SMILES string of the molecule is CNCC(C)C(=O)NCCc1nc2ccc(F)cc2n1C.Cl.Cl. The molecule has 130 valence electrons. The molecule has 0 aliphatic heterocycles. The Kier molecular flexibility index (Phi) is 9.12. The number of benzene rings is 1. The van der Waals surface area contributed by atoms with E-state index in [1.807, 2.05) is 25.6 Å². The number of fused-ring (bicyclic) bond motifs is 1. The number of imidazole rings is 1. The van der Waals surface area contributed by atoms with Crippen LogP contribution in [0.5, 0.6) is 0 Å². The molecule has 0 aliphatic rings. The van der Waals surface area contributed by atoms with Gasteiger partial charge in [0.25, 0.3) is 0 Å². The van der Waals surface area contributed by atoms with Crippen molar-refractivity contribution >= 4 is 41.8 Å². The topological polar surface area (TPSA) is 59.0 Å². The van der Waals surface area contributed by atoms with Gasteiger partial charge in [0, 0.05) is 32.5 Å². The van der Waals surface area contributed by atoms with Crippen LogP contribution in [0.4, 0.5) is 4.39 Å². The molecule has 0 bridgehead atoms. The summed E-state index contributed by atoms with van der Waals surface area (Å²) in [5.74, 6) is 0.516. The van der Waals surface area contributed by atoms with E-state index in [9.17, 15) is 9.18 Å². The Hall–Kier alpha value is -1.37. The van der Waals surface area contributed by atoms with Crippen molar-refractivity contribution in [3.05, 3.63) is 29.8 Å². The van der Waals surface area contributed by atoms with E-state index < -0.39 is 0 Å². The second-order valence-corrected chi connectivity index (χ2v) is 5.22. The molecular formula is C15H23Cl2FN4O. The summed E-state index contributed by atoms with van der Waals surface area (Å²) in [7, 11) is 3.68. The molecule has 0 radical (unpaired) electrons. The van der Waals surface area contributed by atoms with Gasteiger partial charge in [0.15, 0.2) is 0 Å². The zero-order valence-electron chi connectivity index (χ0n) is 13.4. The number of aromatic nitrogens is 2. The summed E-state index contributed by atoms with van der Waals surface area (Å²) in [5.41, 5.74) is 1.53. The lowest BCUT2D eigenvalue weighted by molar-refractivity contribution is -0.124. The van der Waals surface area contributed by atoms with Crippen LogP contribution in [0.15, 0.2) is 18.2 Å². The fourth-order valence-electron chi connectivity index (χ4n) is 2.31. The molecule has 23 heavy (non-hydrogen) atoms. The summed E-state index contributed by atoms with van der Waals surface area (Å²) in [6, 6.07) is 4.54. The van der Waals surface area contributed by atoms with E-state index in [1.54, 1.807) is 6.07 Å². The van der Waals surface area contributed by atoms with Crippen LogP contribution < -0.4 is 10.6 Å². The molecule has 1 aromatic carbocycles. The Labute approximate surface area is 147 Å². The minimum atomic E-state index is -0.272. The van der Waals surface area contributed by atoms with Gasteiger partial charge in [-0.15, -0.1) is 24.8 Å². The number of hydrogen-bond donors (Lipinski definition) is 2. The van der Waals surface area contributed by atoms with E-state index in [1.165, 1.54) is 12.1 Å². The number of carbonyl (C=O) groups excluding carboxylic acids is 1. The second kappa shape index (κ2) is 9.70. The van der Waals surface area contributed by atoms with Crippen molar-refractivity contribution < 1.29 is 9.18 Å². The Bertz CT molecular complexity index is 648. The third-order valence-corrected chi connectivity index (χ3v) is 3.54. The lowest BCUT2D eigenvalue weighted by Crippen LogP contribution is -2.35. The third-order valence-electron chi connectivity index (χ3n) is 3.54. The number of carbonyl (C=O) groups is 1. The zero-order chi connectivity index (χ0) is 15.4. The average molecular weight is 365 g/mol. The van der Waals surface area contributed by atoms with Crippen molar-refractivity contribution in [1.29, 1.82) is 0 Å². The molecule has 2 aromatic rings. The maximum atomic E-state index is 13.2. The minimum Gasteiger partial charge on any atom is -0.355 e. The average Bonchev–Trinajstić information content (AvgIpc) is 2.76. The standard InChI is InChI=1S/C15H21FN4O.2ClH/c1-10(9-17-2)15(21)18-7-6-14-19-12-5-4-11(16)8-13(12)20(14)3;;/h4-5,8,10,17H,6-7,9H2,1-3H3,(H,18,21);2*1H. The number of hydrogen-bond acceptors (Lipinski definition) is 3. The molecule has 1 atom stereocenters. The van der Waals surface area contributed by atoms with Crippen molar-refractivity contribution in [3.8, 4) is 0 Å². The largest absolute Gasteiger partial charge is 0.355 e. The van der Waals surface area contributed by atoms with Crippen molar-refractivity contribution in [2.24, 2.45) is 13.0 Å². The first-order valence-electron chi connectivity index (χ1n) is 7.06. The molecule has 8 heteroatoms. The predicted octanol–water partition coefficient (Wildman–Crippen LogP) is 2.07. The third kappa shape index (κ3) is 5.34. The van der Waals surface area contributed by atoms with Crippen molar-refractivity contribution in [1.82, 2.24) is 20.2 Å². The van der Waals surface area contributed by atoms with Crippen LogP contribution in [0.2, 0.25) is 0 Å². The normalized spacial score (nSPS) is 11.5. The molecule has 1 heterocycles. The lowest BCUT2D eigenvalue weighted by Gasteiger charge is -2.11. The van der Waals surface area contributed by atoms with E-state index in [-0.39, 0.29) is 42.5 Å². The highest BCUT2D eigenvalue weighted by Gasteiger charge is 2.12. The first-order chi connectivity index (χ1) is 10.0. The molecule has 1 amide bonds. The first-order valence-corrected chi connectivity index (χ1v) is 7.06. The molecule has 2 rings (SSSR count). The zero-order valence-corrected chi connectivity index (χ0v) is 15.1. The van der Waals surface area contributed by atoms with Crippen molar-refractivity contribution in [2.45, 2.75) is 13.3 Å². The highest BCUT2D eigenvalue weighted by Crippen LogP contribution is 2.16. The Morgan fingerprint density at radius 1 is 1.39 bits per heavy atom. The molecular weight excluding hydrogens is 342 g/mol. The fraction of sp³-hybridized carbons (Fsp3) is 0.467. The van der Waals surface area contributed by atoms with E-state index in [2.05, 4.69) is 15.6 Å². The highest BCUT2D eigenvalue weighted by atomic mass is 35.5. The van der Waals surface area contributed by atoms with Crippen LogP contribution in [0.1, 0.15) is 12.7 Å². The van der Waals surface area contributed by atoms with E-state index in [0.29, 0.717) is 19.5 Å². The monoisotopic (exact) mass is 364 g/mol. The van der Waals surface area contributed by atoms with Gasteiger partial charge in [-0.1, -0.05) is 6.92 Å².